The molecule has 0 aliphatic carbocycles. The van der Waals surface area contributed by atoms with E-state index in [9.17, 15) is 9.18 Å². The minimum Gasteiger partial charge on any atom is -0.369 e. The smallest absolute Gasteiger partial charge is 0.161 e. The number of rotatable bonds is 3. The number of halogens is 1. The Hall–Kier alpha value is -1.03. The van der Waals surface area contributed by atoms with Gasteiger partial charge < -0.3 is 4.90 Å². The summed E-state index contributed by atoms with van der Waals surface area (Å²) < 4.78 is 13.2. The van der Waals surface area contributed by atoms with E-state index in [2.05, 4.69) is 11.8 Å². The molecule has 0 N–H and O–H groups in total. The van der Waals surface area contributed by atoms with Gasteiger partial charge in [0.15, 0.2) is 5.78 Å². The van der Waals surface area contributed by atoms with Crippen LogP contribution in [0.1, 0.15) is 30.6 Å². The molecule has 1 aliphatic rings. The first-order valence-electron chi connectivity index (χ1n) is 6.29. The minimum absolute atomic E-state index is 0.0734. The van der Waals surface area contributed by atoms with Crippen molar-refractivity contribution in [2.75, 3.05) is 23.7 Å². The van der Waals surface area contributed by atoms with Gasteiger partial charge in [-0.3, -0.25) is 4.79 Å². The van der Waals surface area contributed by atoms with Gasteiger partial charge in [0.1, 0.15) is 5.82 Å². The molecule has 1 saturated heterocycles. The molecule has 2 nitrogen and oxygen atoms in total. The molecular formula is C14H18FNOS. The SMILES string of the molecule is CCC1CN(c2ccc(F)cc2C(C)=O)CCS1. The van der Waals surface area contributed by atoms with Gasteiger partial charge in [-0.1, -0.05) is 6.92 Å². The quantitative estimate of drug-likeness (QED) is 0.783. The molecule has 1 atom stereocenters. The Bertz CT molecular complexity index is 449. The Morgan fingerprint density at radius 1 is 1.56 bits per heavy atom. The molecular weight excluding hydrogens is 249 g/mol. The maximum Gasteiger partial charge on any atom is 0.161 e. The molecule has 1 aromatic carbocycles. The number of anilines is 1. The number of hydrogen-bond acceptors (Lipinski definition) is 3. The molecule has 98 valence electrons. The molecule has 1 aliphatic heterocycles. The zero-order valence-corrected chi connectivity index (χ0v) is 11.6. The molecule has 0 saturated carbocycles. The minimum atomic E-state index is -0.345. The molecule has 0 amide bonds. The van der Waals surface area contributed by atoms with Crippen molar-refractivity contribution >= 4 is 23.2 Å². The largest absolute Gasteiger partial charge is 0.369 e. The summed E-state index contributed by atoms with van der Waals surface area (Å²) in [5.74, 6) is 0.644. The first-order valence-corrected chi connectivity index (χ1v) is 7.33. The summed E-state index contributed by atoms with van der Waals surface area (Å²) in [6.45, 7) is 5.53. The highest BCUT2D eigenvalue weighted by atomic mass is 32.2. The lowest BCUT2D eigenvalue weighted by Gasteiger charge is -2.34. The van der Waals surface area contributed by atoms with Crippen LogP contribution in [0.3, 0.4) is 0 Å². The molecule has 0 radical (unpaired) electrons. The van der Waals surface area contributed by atoms with Crippen LogP contribution in [0.15, 0.2) is 18.2 Å². The van der Waals surface area contributed by atoms with E-state index < -0.39 is 0 Å². The van der Waals surface area contributed by atoms with Gasteiger partial charge >= 0.3 is 0 Å². The lowest BCUT2D eigenvalue weighted by atomic mass is 10.1. The molecule has 0 bridgehead atoms. The van der Waals surface area contributed by atoms with Crippen LogP contribution in [0.4, 0.5) is 10.1 Å². The Morgan fingerprint density at radius 2 is 2.33 bits per heavy atom. The Kier molecular flexibility index (Phi) is 4.27. The zero-order chi connectivity index (χ0) is 13.1. The second-order valence-electron chi connectivity index (χ2n) is 4.56. The number of carbonyl (C=O) groups excluding carboxylic acids is 1. The summed E-state index contributed by atoms with van der Waals surface area (Å²) in [5, 5.41) is 0.601. The topological polar surface area (TPSA) is 20.3 Å². The van der Waals surface area contributed by atoms with Crippen LogP contribution in [0.5, 0.6) is 0 Å². The van der Waals surface area contributed by atoms with Gasteiger partial charge in [-0.2, -0.15) is 11.8 Å². The summed E-state index contributed by atoms with van der Waals surface area (Å²) >= 11 is 1.98. The lowest BCUT2D eigenvalue weighted by molar-refractivity contribution is 0.101. The molecule has 0 aromatic heterocycles. The van der Waals surface area contributed by atoms with E-state index in [4.69, 9.17) is 0 Å². The van der Waals surface area contributed by atoms with Crippen LogP contribution in [0.25, 0.3) is 0 Å². The van der Waals surface area contributed by atoms with Crippen molar-refractivity contribution in [1.29, 1.82) is 0 Å². The fourth-order valence-corrected chi connectivity index (χ4v) is 3.43. The van der Waals surface area contributed by atoms with Crippen molar-refractivity contribution in [3.63, 3.8) is 0 Å². The summed E-state index contributed by atoms with van der Waals surface area (Å²) in [6, 6.07) is 4.51. The number of Topliss-reactive ketones (excluding diaryl/α,β-unsaturated/α-hetero) is 1. The molecule has 1 unspecified atom stereocenters. The van der Waals surface area contributed by atoms with E-state index in [0.29, 0.717) is 10.8 Å². The monoisotopic (exact) mass is 267 g/mol. The van der Waals surface area contributed by atoms with Crippen molar-refractivity contribution in [2.45, 2.75) is 25.5 Å². The number of ketones is 1. The summed E-state index contributed by atoms with van der Waals surface area (Å²) in [7, 11) is 0. The van der Waals surface area contributed by atoms with Gasteiger partial charge in [-0.25, -0.2) is 4.39 Å². The van der Waals surface area contributed by atoms with Gasteiger partial charge in [-0.15, -0.1) is 0 Å². The van der Waals surface area contributed by atoms with E-state index in [1.54, 1.807) is 6.07 Å². The third-order valence-electron chi connectivity index (χ3n) is 3.27. The number of thioether (sulfide) groups is 1. The van der Waals surface area contributed by atoms with E-state index >= 15 is 0 Å². The third-order valence-corrected chi connectivity index (χ3v) is 4.64. The highest BCUT2D eigenvalue weighted by molar-refractivity contribution is 8.00. The normalized spacial score (nSPS) is 19.9. The summed E-state index contributed by atoms with van der Waals surface area (Å²) in [5.41, 5.74) is 1.37. The van der Waals surface area contributed by atoms with Crippen LogP contribution < -0.4 is 4.90 Å². The van der Waals surface area contributed by atoms with Gasteiger partial charge in [0, 0.05) is 35.3 Å². The molecule has 1 heterocycles. The van der Waals surface area contributed by atoms with E-state index in [1.807, 2.05) is 11.8 Å². The number of nitrogens with zero attached hydrogens (tertiary/aromatic N) is 1. The third kappa shape index (κ3) is 2.86. The second kappa shape index (κ2) is 5.74. The fourth-order valence-electron chi connectivity index (χ4n) is 2.25. The first kappa shape index (κ1) is 13.4. The van der Waals surface area contributed by atoms with E-state index in [-0.39, 0.29) is 11.6 Å². The Balaban J connectivity index is 2.29. The molecule has 18 heavy (non-hydrogen) atoms. The average Bonchev–Trinajstić information content (AvgIpc) is 2.38. The molecule has 0 spiro atoms. The van der Waals surface area contributed by atoms with Crippen LogP contribution >= 0.6 is 11.8 Å². The molecule has 2 rings (SSSR count). The fraction of sp³-hybridized carbons (Fsp3) is 0.500. The van der Waals surface area contributed by atoms with Crippen molar-refractivity contribution in [3.05, 3.63) is 29.6 Å². The standard InChI is InChI=1S/C14H18FNOS/c1-3-12-9-16(6-7-18-12)14-5-4-11(15)8-13(14)10(2)17/h4-5,8,12H,3,6-7,9H2,1-2H3. The average molecular weight is 267 g/mol. The van der Waals surface area contributed by atoms with E-state index in [1.165, 1.54) is 19.1 Å². The predicted molar refractivity (Wildman–Crippen MR) is 75.2 cm³/mol. The highest BCUT2D eigenvalue weighted by Crippen LogP contribution is 2.29. The second-order valence-corrected chi connectivity index (χ2v) is 5.97. The summed E-state index contributed by atoms with van der Waals surface area (Å²) in [4.78, 5) is 13.8. The lowest BCUT2D eigenvalue weighted by Crippen LogP contribution is -2.38. The Labute approximate surface area is 112 Å². The molecule has 1 fully saturated rings. The van der Waals surface area contributed by atoms with Gasteiger partial charge in [0.2, 0.25) is 0 Å². The van der Waals surface area contributed by atoms with Crippen LogP contribution in [0.2, 0.25) is 0 Å². The first-order chi connectivity index (χ1) is 8.61. The highest BCUT2D eigenvalue weighted by Gasteiger charge is 2.22. The molecule has 1 aromatic rings. The van der Waals surface area contributed by atoms with Crippen LogP contribution in [0, 0.1) is 5.82 Å². The zero-order valence-electron chi connectivity index (χ0n) is 10.8. The van der Waals surface area contributed by atoms with Crippen LogP contribution in [-0.4, -0.2) is 29.9 Å². The van der Waals surface area contributed by atoms with Gasteiger partial charge in [-0.05, 0) is 31.5 Å². The van der Waals surface area contributed by atoms with Crippen molar-refractivity contribution in [3.8, 4) is 0 Å². The van der Waals surface area contributed by atoms with Crippen LogP contribution in [-0.2, 0) is 0 Å². The van der Waals surface area contributed by atoms with Crippen molar-refractivity contribution < 1.29 is 9.18 Å². The number of hydrogen-bond donors (Lipinski definition) is 0. The van der Waals surface area contributed by atoms with Gasteiger partial charge in [0.25, 0.3) is 0 Å². The van der Waals surface area contributed by atoms with Crippen molar-refractivity contribution in [1.82, 2.24) is 0 Å². The maximum atomic E-state index is 13.2. The Morgan fingerprint density at radius 3 is 3.00 bits per heavy atom. The van der Waals surface area contributed by atoms with Crippen molar-refractivity contribution in [2.24, 2.45) is 0 Å². The summed E-state index contributed by atoms with van der Waals surface area (Å²) in [6.07, 6.45) is 1.12. The maximum absolute atomic E-state index is 13.2. The molecule has 4 heteroatoms. The van der Waals surface area contributed by atoms with E-state index in [0.717, 1.165) is 31.0 Å². The van der Waals surface area contributed by atoms with Gasteiger partial charge in [0.05, 0.1) is 0 Å². The predicted octanol–water partition coefficient (Wildman–Crippen LogP) is 3.36. The number of benzene rings is 1. The number of carbonyl (C=O) groups is 1.